The Morgan fingerprint density at radius 3 is 3.05 bits per heavy atom. The number of hydrogen-bond donors (Lipinski definition) is 1. The molecule has 1 fully saturated rings. The second kappa shape index (κ2) is 6.33. The molecule has 1 unspecified atom stereocenters. The van der Waals surface area contributed by atoms with Gasteiger partial charge in [0.15, 0.2) is 0 Å². The van der Waals surface area contributed by atoms with Crippen LogP contribution in [0.4, 0.5) is 0 Å². The molecule has 2 heterocycles. The van der Waals surface area contributed by atoms with Gasteiger partial charge in [-0.3, -0.25) is 4.98 Å². The summed E-state index contributed by atoms with van der Waals surface area (Å²) in [5.74, 6) is 5.46. The van der Waals surface area contributed by atoms with E-state index in [0.717, 1.165) is 0 Å². The van der Waals surface area contributed by atoms with Gasteiger partial charge in [-0.1, -0.05) is 11.8 Å². The number of ether oxygens (including phenoxy) is 1. The molecule has 0 bridgehead atoms. The van der Waals surface area contributed by atoms with Crippen LogP contribution in [0.2, 0.25) is 0 Å². The molecule has 1 aromatic heterocycles. The van der Waals surface area contributed by atoms with Crippen molar-refractivity contribution < 1.29 is 13.2 Å². The smallest absolute Gasteiger partial charge is 0.244 e. The summed E-state index contributed by atoms with van der Waals surface area (Å²) < 4.78 is 31.8. The van der Waals surface area contributed by atoms with Crippen LogP contribution in [0.1, 0.15) is 12.5 Å². The maximum absolute atomic E-state index is 12.5. The van der Waals surface area contributed by atoms with Crippen molar-refractivity contribution in [3.05, 3.63) is 24.0 Å². The molecule has 0 aliphatic carbocycles. The molecule has 1 aromatic rings. The topological polar surface area (TPSA) is 85.5 Å². The van der Waals surface area contributed by atoms with Gasteiger partial charge in [0.05, 0.1) is 19.3 Å². The van der Waals surface area contributed by atoms with Crippen LogP contribution in [0, 0.1) is 11.8 Å². The number of aromatic nitrogens is 1. The highest BCUT2D eigenvalue weighted by atomic mass is 32.2. The summed E-state index contributed by atoms with van der Waals surface area (Å²) in [6.07, 6.45) is 2.75. The van der Waals surface area contributed by atoms with Crippen LogP contribution in [0.25, 0.3) is 0 Å². The van der Waals surface area contributed by atoms with E-state index in [2.05, 4.69) is 16.8 Å². The van der Waals surface area contributed by atoms with Crippen molar-refractivity contribution >= 4 is 10.0 Å². The molecule has 1 aliphatic heterocycles. The summed E-state index contributed by atoms with van der Waals surface area (Å²) in [7, 11) is -3.55. The van der Waals surface area contributed by atoms with Gasteiger partial charge in [-0.25, -0.2) is 8.42 Å². The molecule has 0 radical (unpaired) electrons. The van der Waals surface area contributed by atoms with E-state index in [4.69, 9.17) is 10.5 Å². The molecule has 7 heteroatoms. The molecular formula is C13H17N3O3S. The van der Waals surface area contributed by atoms with Gasteiger partial charge in [-0.05, 0) is 13.0 Å². The largest absolute Gasteiger partial charge is 0.376 e. The molecule has 0 amide bonds. The van der Waals surface area contributed by atoms with Gasteiger partial charge in [-0.15, -0.1) is 0 Å². The molecule has 2 rings (SSSR count). The van der Waals surface area contributed by atoms with Gasteiger partial charge in [0.2, 0.25) is 10.0 Å². The second-order valence-electron chi connectivity index (χ2n) is 4.46. The van der Waals surface area contributed by atoms with Crippen molar-refractivity contribution in [2.24, 2.45) is 5.73 Å². The monoisotopic (exact) mass is 295 g/mol. The first-order chi connectivity index (χ1) is 9.54. The summed E-state index contributed by atoms with van der Waals surface area (Å²) in [6, 6.07) is 1.52. The Kier molecular flexibility index (Phi) is 4.73. The van der Waals surface area contributed by atoms with Crippen LogP contribution in [-0.4, -0.2) is 50.1 Å². The van der Waals surface area contributed by atoms with Crippen LogP contribution in [-0.2, 0) is 14.8 Å². The highest BCUT2D eigenvalue weighted by Crippen LogP contribution is 2.18. The SMILES string of the molecule is CC1CN(S(=O)(=O)c2cncc(C#CCN)c2)CCO1. The van der Waals surface area contributed by atoms with E-state index in [-0.39, 0.29) is 17.5 Å². The minimum Gasteiger partial charge on any atom is -0.376 e. The molecule has 1 aliphatic rings. The van der Waals surface area contributed by atoms with Gasteiger partial charge >= 0.3 is 0 Å². The first-order valence-electron chi connectivity index (χ1n) is 6.30. The zero-order chi connectivity index (χ0) is 14.6. The predicted octanol–water partition coefficient (Wildman–Crippen LogP) is -0.199. The van der Waals surface area contributed by atoms with Gasteiger partial charge in [-0.2, -0.15) is 4.31 Å². The van der Waals surface area contributed by atoms with Crippen LogP contribution < -0.4 is 5.73 Å². The van der Waals surface area contributed by atoms with Gasteiger partial charge in [0.1, 0.15) is 4.90 Å². The highest BCUT2D eigenvalue weighted by molar-refractivity contribution is 7.89. The van der Waals surface area contributed by atoms with E-state index >= 15 is 0 Å². The molecule has 6 nitrogen and oxygen atoms in total. The normalized spacial score (nSPS) is 20.2. The number of pyridine rings is 1. The van der Waals surface area contributed by atoms with Crippen molar-refractivity contribution in [1.82, 2.24) is 9.29 Å². The van der Waals surface area contributed by atoms with E-state index in [1.165, 1.54) is 22.8 Å². The number of hydrogen-bond acceptors (Lipinski definition) is 5. The zero-order valence-electron chi connectivity index (χ0n) is 11.2. The molecule has 1 saturated heterocycles. The zero-order valence-corrected chi connectivity index (χ0v) is 12.1. The first kappa shape index (κ1) is 14.9. The third-order valence-electron chi connectivity index (χ3n) is 2.89. The molecule has 0 saturated carbocycles. The fourth-order valence-corrected chi connectivity index (χ4v) is 3.42. The molecule has 2 N–H and O–H groups in total. The second-order valence-corrected chi connectivity index (χ2v) is 6.40. The van der Waals surface area contributed by atoms with Crippen LogP contribution in [0.15, 0.2) is 23.4 Å². The van der Waals surface area contributed by atoms with E-state index < -0.39 is 10.0 Å². The number of morpholine rings is 1. The summed E-state index contributed by atoms with van der Waals surface area (Å²) in [6.45, 7) is 3.17. The quantitative estimate of drug-likeness (QED) is 0.764. The van der Waals surface area contributed by atoms with Crippen LogP contribution in [0.5, 0.6) is 0 Å². The van der Waals surface area contributed by atoms with Gasteiger partial charge in [0, 0.05) is 31.0 Å². The Hall–Kier alpha value is -1.46. The summed E-state index contributed by atoms with van der Waals surface area (Å²) >= 11 is 0. The average molecular weight is 295 g/mol. The lowest BCUT2D eigenvalue weighted by atomic mass is 10.3. The summed E-state index contributed by atoms with van der Waals surface area (Å²) in [5.41, 5.74) is 5.84. The standard InChI is InChI=1S/C13H17N3O3S/c1-11-10-16(5-6-19-11)20(17,18)13-7-12(3-2-4-14)8-15-9-13/h7-9,11H,4-6,10,14H2,1H3. The molecular weight excluding hydrogens is 278 g/mol. The Labute approximate surface area is 119 Å². The fourth-order valence-electron chi connectivity index (χ4n) is 1.94. The molecule has 0 spiro atoms. The number of rotatable bonds is 2. The Morgan fingerprint density at radius 1 is 1.55 bits per heavy atom. The minimum atomic E-state index is -3.55. The Balaban J connectivity index is 2.29. The summed E-state index contributed by atoms with van der Waals surface area (Å²) in [5, 5.41) is 0. The number of nitrogens with two attached hydrogens (primary N) is 1. The highest BCUT2D eigenvalue weighted by Gasteiger charge is 2.29. The Morgan fingerprint density at radius 2 is 2.35 bits per heavy atom. The van der Waals surface area contributed by atoms with Crippen molar-refractivity contribution in [2.75, 3.05) is 26.2 Å². The van der Waals surface area contributed by atoms with Crippen LogP contribution in [0.3, 0.4) is 0 Å². The number of sulfonamides is 1. The van der Waals surface area contributed by atoms with E-state index in [1.807, 2.05) is 6.92 Å². The minimum absolute atomic E-state index is 0.105. The molecule has 20 heavy (non-hydrogen) atoms. The lowest BCUT2D eigenvalue weighted by molar-refractivity contribution is 0.0102. The lowest BCUT2D eigenvalue weighted by Gasteiger charge is -2.30. The summed E-state index contributed by atoms with van der Waals surface area (Å²) in [4.78, 5) is 4.09. The Bertz CT molecular complexity index is 634. The van der Waals surface area contributed by atoms with Crippen molar-refractivity contribution in [3.63, 3.8) is 0 Å². The fraction of sp³-hybridized carbons (Fsp3) is 0.462. The van der Waals surface area contributed by atoms with Gasteiger partial charge < -0.3 is 10.5 Å². The van der Waals surface area contributed by atoms with E-state index in [9.17, 15) is 8.42 Å². The third-order valence-corrected chi connectivity index (χ3v) is 4.72. The maximum Gasteiger partial charge on any atom is 0.244 e. The lowest BCUT2D eigenvalue weighted by Crippen LogP contribution is -2.44. The van der Waals surface area contributed by atoms with E-state index in [1.54, 1.807) is 0 Å². The van der Waals surface area contributed by atoms with Crippen LogP contribution >= 0.6 is 0 Å². The third kappa shape index (κ3) is 3.35. The molecule has 0 aromatic carbocycles. The van der Waals surface area contributed by atoms with Crippen molar-refractivity contribution in [3.8, 4) is 11.8 Å². The van der Waals surface area contributed by atoms with E-state index in [0.29, 0.717) is 25.3 Å². The van der Waals surface area contributed by atoms with Crippen molar-refractivity contribution in [2.45, 2.75) is 17.9 Å². The maximum atomic E-state index is 12.5. The number of nitrogens with zero attached hydrogens (tertiary/aromatic N) is 2. The molecule has 1 atom stereocenters. The van der Waals surface area contributed by atoms with Gasteiger partial charge in [0.25, 0.3) is 0 Å². The first-order valence-corrected chi connectivity index (χ1v) is 7.74. The predicted molar refractivity (Wildman–Crippen MR) is 74.3 cm³/mol. The molecule has 108 valence electrons. The van der Waals surface area contributed by atoms with Crippen molar-refractivity contribution in [1.29, 1.82) is 0 Å². The average Bonchev–Trinajstić information content (AvgIpc) is 2.45.